The summed E-state index contributed by atoms with van der Waals surface area (Å²) in [4.78, 5) is 25.6. The van der Waals surface area contributed by atoms with Gasteiger partial charge in [0.1, 0.15) is 11.7 Å². The molecule has 0 aromatic rings. The van der Waals surface area contributed by atoms with Crippen molar-refractivity contribution in [1.82, 2.24) is 4.90 Å². The molecule has 2 bridgehead atoms. The van der Waals surface area contributed by atoms with Crippen LogP contribution in [-0.4, -0.2) is 54.0 Å². The lowest BCUT2D eigenvalue weighted by Crippen LogP contribution is -2.58. The largest absolute Gasteiger partial charge is 0.443 e. The monoisotopic (exact) mass is 269 g/mol. The van der Waals surface area contributed by atoms with E-state index in [2.05, 4.69) is 0 Å². The molecule has 2 aliphatic heterocycles. The number of hydrogen-bond acceptors (Lipinski definition) is 5. The number of amides is 2. The van der Waals surface area contributed by atoms with Crippen molar-refractivity contribution >= 4 is 12.0 Å². The van der Waals surface area contributed by atoms with Crippen molar-refractivity contribution in [2.24, 2.45) is 5.92 Å². The van der Waals surface area contributed by atoms with Crippen LogP contribution in [0.1, 0.15) is 27.2 Å². The first kappa shape index (κ1) is 12.9. The number of carbonyl (C=O) groups excluding carboxylic acids is 2. The fraction of sp³-hybridized carbons (Fsp3) is 0.846. The number of likely N-dealkylation sites (tertiary alicyclic amines) is 1. The van der Waals surface area contributed by atoms with Gasteiger partial charge in [-0.05, 0) is 27.2 Å². The number of ether oxygens (including phenoxy) is 3. The maximum Gasteiger partial charge on any atom is 0.417 e. The number of nitrogens with zero attached hydrogens (tertiary/aromatic N) is 1. The molecule has 0 spiro atoms. The van der Waals surface area contributed by atoms with Crippen LogP contribution in [0.4, 0.5) is 4.79 Å². The molecule has 1 aliphatic carbocycles. The lowest BCUT2D eigenvalue weighted by atomic mass is 10.0. The summed E-state index contributed by atoms with van der Waals surface area (Å²) in [6.07, 6.45) is -0.334. The molecule has 6 heteroatoms. The Kier molecular flexibility index (Phi) is 2.83. The van der Waals surface area contributed by atoms with Crippen molar-refractivity contribution in [3.63, 3.8) is 0 Å². The van der Waals surface area contributed by atoms with E-state index in [4.69, 9.17) is 14.2 Å². The lowest BCUT2D eigenvalue weighted by Gasteiger charge is -2.39. The van der Waals surface area contributed by atoms with Gasteiger partial charge in [0.2, 0.25) is 5.91 Å². The highest BCUT2D eigenvalue weighted by molar-refractivity contribution is 5.97. The molecule has 6 nitrogen and oxygen atoms in total. The minimum Gasteiger partial charge on any atom is -0.443 e. The average Bonchev–Trinajstić information content (AvgIpc) is 2.82. The van der Waals surface area contributed by atoms with Crippen LogP contribution in [0.2, 0.25) is 0 Å². The van der Waals surface area contributed by atoms with E-state index in [1.165, 1.54) is 4.90 Å². The maximum atomic E-state index is 12.2. The predicted molar refractivity (Wildman–Crippen MR) is 64.5 cm³/mol. The summed E-state index contributed by atoms with van der Waals surface area (Å²) >= 11 is 0. The minimum absolute atomic E-state index is 0.189. The zero-order valence-electron chi connectivity index (χ0n) is 11.4. The zero-order valence-corrected chi connectivity index (χ0v) is 11.4. The van der Waals surface area contributed by atoms with E-state index >= 15 is 0 Å². The van der Waals surface area contributed by atoms with Gasteiger partial charge in [0.15, 0.2) is 0 Å². The van der Waals surface area contributed by atoms with Crippen LogP contribution >= 0.6 is 0 Å². The zero-order chi connectivity index (χ0) is 13.8. The second kappa shape index (κ2) is 4.18. The van der Waals surface area contributed by atoms with Gasteiger partial charge in [-0.25, -0.2) is 9.69 Å². The molecule has 0 radical (unpaired) electrons. The van der Waals surface area contributed by atoms with E-state index in [9.17, 15) is 9.59 Å². The minimum atomic E-state index is -0.609. The van der Waals surface area contributed by atoms with Gasteiger partial charge < -0.3 is 14.2 Å². The van der Waals surface area contributed by atoms with Crippen LogP contribution < -0.4 is 0 Å². The van der Waals surface area contributed by atoms with Gasteiger partial charge in [0.25, 0.3) is 0 Å². The molecule has 4 unspecified atom stereocenters. The highest BCUT2D eigenvalue weighted by Crippen LogP contribution is 2.44. The van der Waals surface area contributed by atoms with E-state index in [0.29, 0.717) is 19.6 Å². The van der Waals surface area contributed by atoms with E-state index in [-0.39, 0.29) is 30.1 Å². The topological polar surface area (TPSA) is 65.1 Å². The number of fused-ring (bicyclic) bond motifs is 5. The first-order chi connectivity index (χ1) is 8.88. The molecule has 19 heavy (non-hydrogen) atoms. The smallest absolute Gasteiger partial charge is 0.417 e. The average molecular weight is 269 g/mol. The summed E-state index contributed by atoms with van der Waals surface area (Å²) < 4.78 is 16.6. The molecular formula is C13H19NO5. The third kappa shape index (κ3) is 2.03. The highest BCUT2D eigenvalue weighted by atomic mass is 16.6. The van der Waals surface area contributed by atoms with Crippen LogP contribution in [0.15, 0.2) is 0 Å². The normalized spacial score (nSPS) is 37.4. The Labute approximate surface area is 112 Å². The first-order valence-electron chi connectivity index (χ1n) is 6.68. The molecule has 0 N–H and O–H groups in total. The number of imide groups is 1. The Morgan fingerprint density at radius 1 is 1.26 bits per heavy atom. The molecule has 2 amide bonds. The van der Waals surface area contributed by atoms with Crippen molar-refractivity contribution < 1.29 is 23.8 Å². The Hall–Kier alpha value is -1.14. The summed E-state index contributed by atoms with van der Waals surface area (Å²) in [7, 11) is 0. The molecule has 2 saturated heterocycles. The van der Waals surface area contributed by atoms with Gasteiger partial charge in [-0.2, -0.15) is 0 Å². The van der Waals surface area contributed by atoms with Crippen LogP contribution in [0, 0.1) is 5.92 Å². The van der Waals surface area contributed by atoms with Gasteiger partial charge in [-0.3, -0.25) is 4.79 Å². The van der Waals surface area contributed by atoms with Crippen LogP contribution in [-0.2, 0) is 19.0 Å². The molecule has 3 rings (SSSR count). The number of rotatable bonds is 0. The van der Waals surface area contributed by atoms with Crippen LogP contribution in [0.5, 0.6) is 0 Å². The Morgan fingerprint density at radius 3 is 2.53 bits per heavy atom. The fourth-order valence-electron chi connectivity index (χ4n) is 3.13. The predicted octanol–water partition coefficient (Wildman–Crippen LogP) is 0.936. The van der Waals surface area contributed by atoms with E-state index in [0.717, 1.165) is 0 Å². The number of piperidine rings is 1. The quantitative estimate of drug-likeness (QED) is 0.654. The molecule has 0 aromatic carbocycles. The summed E-state index contributed by atoms with van der Waals surface area (Å²) in [5.41, 5.74) is -0.609. The third-order valence-electron chi connectivity index (χ3n) is 3.78. The third-order valence-corrected chi connectivity index (χ3v) is 3.78. The summed E-state index contributed by atoms with van der Waals surface area (Å²) in [5.74, 6) is -0.450. The van der Waals surface area contributed by atoms with Gasteiger partial charge in [0, 0.05) is 0 Å². The number of hydrogen-bond donors (Lipinski definition) is 0. The fourth-order valence-corrected chi connectivity index (χ4v) is 3.13. The second-order valence-corrected chi connectivity index (χ2v) is 6.27. The van der Waals surface area contributed by atoms with E-state index < -0.39 is 11.7 Å². The first-order valence-corrected chi connectivity index (χ1v) is 6.68. The molecule has 106 valence electrons. The summed E-state index contributed by atoms with van der Waals surface area (Å²) in [6.45, 7) is 6.39. The molecular weight excluding hydrogens is 250 g/mol. The Bertz CT molecular complexity index is 416. The lowest BCUT2D eigenvalue weighted by molar-refractivity contribution is -0.178. The van der Waals surface area contributed by atoms with Gasteiger partial charge in [0.05, 0.1) is 31.3 Å². The Balaban J connectivity index is 1.78. The van der Waals surface area contributed by atoms with Gasteiger partial charge in [-0.15, -0.1) is 0 Å². The van der Waals surface area contributed by atoms with Gasteiger partial charge >= 0.3 is 6.09 Å². The van der Waals surface area contributed by atoms with Crippen LogP contribution in [0.25, 0.3) is 0 Å². The van der Waals surface area contributed by atoms with Crippen molar-refractivity contribution in [3.05, 3.63) is 0 Å². The summed E-state index contributed by atoms with van der Waals surface area (Å²) in [6, 6.07) is -0.238. The molecule has 4 atom stereocenters. The van der Waals surface area contributed by atoms with Crippen molar-refractivity contribution in [2.75, 3.05) is 13.2 Å². The summed E-state index contributed by atoms with van der Waals surface area (Å²) in [5, 5.41) is 0. The number of carbonyl (C=O) groups is 2. The van der Waals surface area contributed by atoms with Crippen molar-refractivity contribution in [1.29, 1.82) is 0 Å². The second-order valence-electron chi connectivity index (χ2n) is 6.27. The molecule has 3 aliphatic rings. The molecule has 0 aromatic heterocycles. The highest BCUT2D eigenvalue weighted by Gasteiger charge is 2.61. The van der Waals surface area contributed by atoms with E-state index in [1.54, 1.807) is 20.8 Å². The Morgan fingerprint density at radius 2 is 1.89 bits per heavy atom. The molecule has 2 heterocycles. The molecule has 3 fully saturated rings. The van der Waals surface area contributed by atoms with Crippen LogP contribution in [0.3, 0.4) is 0 Å². The van der Waals surface area contributed by atoms with Crippen molar-refractivity contribution in [2.45, 2.75) is 51.0 Å². The maximum absolute atomic E-state index is 12.2. The molecule has 1 saturated carbocycles. The SMILES string of the molecule is CC(C)(C)OC(=O)N1C(=O)C2CC1C1OCCOC21. The van der Waals surface area contributed by atoms with Crippen molar-refractivity contribution in [3.8, 4) is 0 Å². The van der Waals surface area contributed by atoms with E-state index in [1.807, 2.05) is 0 Å². The standard InChI is InChI=1S/C13H19NO5/c1-13(2,3)19-12(16)14-8-6-7(11(14)15)9-10(8)18-5-4-17-9/h7-10H,4-6H2,1-3H3. The van der Waals surface area contributed by atoms with Gasteiger partial charge in [-0.1, -0.05) is 0 Å².